The van der Waals surface area contributed by atoms with Gasteiger partial charge < -0.3 is 10.3 Å². The van der Waals surface area contributed by atoms with Crippen LogP contribution in [0.2, 0.25) is 0 Å². The molecule has 0 atom stereocenters. The van der Waals surface area contributed by atoms with Crippen molar-refractivity contribution in [2.45, 2.75) is 26.2 Å². The van der Waals surface area contributed by atoms with Crippen LogP contribution in [0, 0.1) is 12.8 Å². The first-order valence-corrected chi connectivity index (χ1v) is 13.2. The van der Waals surface area contributed by atoms with Gasteiger partial charge in [0.2, 0.25) is 0 Å². The van der Waals surface area contributed by atoms with E-state index in [-0.39, 0.29) is 0 Å². The van der Waals surface area contributed by atoms with Gasteiger partial charge in [-0.3, -0.25) is 15.1 Å². The number of aryl methyl sites for hydroxylation is 1. The van der Waals surface area contributed by atoms with Crippen molar-refractivity contribution in [1.29, 1.82) is 0 Å². The van der Waals surface area contributed by atoms with Gasteiger partial charge in [0, 0.05) is 56.6 Å². The van der Waals surface area contributed by atoms with Crippen LogP contribution in [0.5, 0.6) is 0 Å². The molecule has 6 heterocycles. The third-order valence-electron chi connectivity index (χ3n) is 7.18. The molecule has 3 N–H and O–H groups in total. The predicted octanol–water partition coefficient (Wildman–Crippen LogP) is 7.33. The van der Waals surface area contributed by atoms with Gasteiger partial charge in [-0.05, 0) is 62.1 Å². The Labute approximate surface area is 217 Å². The molecule has 1 aliphatic carbocycles. The molecule has 182 valence electrons. The zero-order chi connectivity index (χ0) is 24.9. The number of allylic oxidation sites excluding steroid dienone is 1. The summed E-state index contributed by atoms with van der Waals surface area (Å²) in [6, 6.07) is 12.6. The van der Waals surface area contributed by atoms with Crippen LogP contribution in [0.1, 0.15) is 24.1 Å². The first kappa shape index (κ1) is 21.9. The third kappa shape index (κ3) is 3.90. The quantitative estimate of drug-likeness (QED) is 0.221. The zero-order valence-electron chi connectivity index (χ0n) is 20.4. The average molecular weight is 504 g/mol. The number of nitrogens with one attached hydrogen (secondary N) is 3. The summed E-state index contributed by atoms with van der Waals surface area (Å²) >= 11 is 1.75. The highest BCUT2D eigenvalue weighted by atomic mass is 32.1. The highest BCUT2D eigenvalue weighted by molar-refractivity contribution is 7.15. The number of H-pyrrole nitrogens is 2. The molecule has 0 saturated heterocycles. The molecule has 7 rings (SSSR count). The van der Waals surface area contributed by atoms with Crippen molar-refractivity contribution in [3.63, 3.8) is 0 Å². The molecule has 6 aromatic rings. The first-order chi connectivity index (χ1) is 18.1. The lowest BCUT2D eigenvalue weighted by Crippen LogP contribution is -2.18. The lowest BCUT2D eigenvalue weighted by atomic mass is 9.83. The number of aromatic amines is 2. The number of aromatic nitrogens is 6. The number of nitrogens with zero attached hydrogens (tertiary/aromatic N) is 4. The summed E-state index contributed by atoms with van der Waals surface area (Å²) in [5.41, 5.74) is 8.52. The molecule has 0 radical (unpaired) electrons. The fraction of sp³-hybridized carbons (Fsp3) is 0.172. The average Bonchev–Trinajstić information content (AvgIpc) is 3.60. The molecular formula is C29H25N7S. The number of thiophene rings is 1. The molecular weight excluding hydrogens is 478 g/mol. The van der Waals surface area contributed by atoms with Crippen LogP contribution >= 0.6 is 11.3 Å². The molecule has 1 saturated carbocycles. The molecule has 0 amide bonds. The minimum absolute atomic E-state index is 0.561. The van der Waals surface area contributed by atoms with Gasteiger partial charge in [-0.25, -0.2) is 4.98 Å². The van der Waals surface area contributed by atoms with Crippen molar-refractivity contribution in [3.05, 3.63) is 78.3 Å². The minimum Gasteiger partial charge on any atom is -0.358 e. The van der Waals surface area contributed by atoms with Crippen molar-refractivity contribution in [1.82, 2.24) is 30.1 Å². The summed E-state index contributed by atoms with van der Waals surface area (Å²) in [6.07, 6.45) is 11.1. The van der Waals surface area contributed by atoms with E-state index in [1.165, 1.54) is 24.1 Å². The topological polar surface area (TPSA) is 95.2 Å². The predicted molar refractivity (Wildman–Crippen MR) is 150 cm³/mol. The Hall–Kier alpha value is -4.30. The number of anilines is 1. The van der Waals surface area contributed by atoms with E-state index in [0.29, 0.717) is 11.6 Å². The maximum atomic E-state index is 4.68. The van der Waals surface area contributed by atoms with Gasteiger partial charge in [0.15, 0.2) is 5.65 Å². The normalized spacial score (nSPS) is 13.8. The lowest BCUT2D eigenvalue weighted by Gasteiger charge is -2.28. The molecule has 7 nitrogen and oxygen atoms in total. The molecule has 6 aromatic heterocycles. The molecule has 0 unspecified atom stereocenters. The number of fused-ring (bicyclic) bond motifs is 2. The van der Waals surface area contributed by atoms with E-state index in [1.807, 2.05) is 30.9 Å². The molecule has 1 fully saturated rings. The zero-order valence-corrected chi connectivity index (χ0v) is 21.2. The molecule has 0 aliphatic heterocycles. The minimum atomic E-state index is 0.561. The number of hydrogen-bond acceptors (Lipinski definition) is 6. The molecule has 0 bridgehead atoms. The van der Waals surface area contributed by atoms with Crippen molar-refractivity contribution >= 4 is 39.0 Å². The summed E-state index contributed by atoms with van der Waals surface area (Å²) in [5, 5.41) is 13.1. The molecule has 8 heteroatoms. The summed E-state index contributed by atoms with van der Waals surface area (Å²) in [4.78, 5) is 19.8. The van der Waals surface area contributed by atoms with Gasteiger partial charge in [-0.2, -0.15) is 5.10 Å². The Kier molecular flexibility index (Phi) is 5.14. The number of pyridine rings is 3. The van der Waals surface area contributed by atoms with E-state index in [4.69, 9.17) is 0 Å². The van der Waals surface area contributed by atoms with Crippen LogP contribution < -0.4 is 5.32 Å². The Balaban J connectivity index is 1.26. The summed E-state index contributed by atoms with van der Waals surface area (Å²) in [5.74, 6) is 0.561. The summed E-state index contributed by atoms with van der Waals surface area (Å²) < 4.78 is 0. The van der Waals surface area contributed by atoms with Gasteiger partial charge in [-0.1, -0.05) is 13.0 Å². The van der Waals surface area contributed by atoms with Crippen molar-refractivity contribution in [3.8, 4) is 33.1 Å². The van der Waals surface area contributed by atoms with Crippen LogP contribution in [0.25, 0.3) is 55.0 Å². The van der Waals surface area contributed by atoms with E-state index >= 15 is 0 Å². The second-order valence-electron chi connectivity index (χ2n) is 9.65. The molecule has 37 heavy (non-hydrogen) atoms. The van der Waals surface area contributed by atoms with Gasteiger partial charge in [-0.15, -0.1) is 11.3 Å². The molecule has 0 spiro atoms. The van der Waals surface area contributed by atoms with Gasteiger partial charge >= 0.3 is 0 Å². The lowest BCUT2D eigenvalue weighted by molar-refractivity contribution is 0.371. The summed E-state index contributed by atoms with van der Waals surface area (Å²) in [7, 11) is 0. The van der Waals surface area contributed by atoms with E-state index in [0.717, 1.165) is 60.8 Å². The maximum Gasteiger partial charge on any atom is 0.181 e. The second-order valence-corrected chi connectivity index (χ2v) is 10.9. The van der Waals surface area contributed by atoms with Crippen LogP contribution in [0.3, 0.4) is 0 Å². The van der Waals surface area contributed by atoms with E-state index in [9.17, 15) is 0 Å². The summed E-state index contributed by atoms with van der Waals surface area (Å²) in [6.45, 7) is 6.34. The Morgan fingerprint density at radius 2 is 1.92 bits per heavy atom. The monoisotopic (exact) mass is 503 g/mol. The van der Waals surface area contributed by atoms with E-state index in [1.54, 1.807) is 11.3 Å². The van der Waals surface area contributed by atoms with E-state index in [2.05, 4.69) is 79.3 Å². The first-order valence-electron chi connectivity index (χ1n) is 12.4. The SMILES string of the molecule is C=C(Nc1cncc(-c2cnc3n[nH]c(-c4cc5c(-c6ccc(C)s6)nccc5[nH]4)c3c2)c1)C1CCC1. The smallest absolute Gasteiger partial charge is 0.181 e. The number of rotatable bonds is 6. The fourth-order valence-corrected chi connectivity index (χ4v) is 5.80. The highest BCUT2D eigenvalue weighted by Gasteiger charge is 2.21. The largest absolute Gasteiger partial charge is 0.358 e. The Morgan fingerprint density at radius 3 is 2.73 bits per heavy atom. The van der Waals surface area contributed by atoms with Gasteiger partial charge in [0.25, 0.3) is 0 Å². The van der Waals surface area contributed by atoms with Crippen molar-refractivity contribution < 1.29 is 0 Å². The van der Waals surface area contributed by atoms with Crippen LogP contribution in [0.15, 0.2) is 73.5 Å². The molecule has 1 aliphatic rings. The van der Waals surface area contributed by atoms with E-state index < -0.39 is 0 Å². The van der Waals surface area contributed by atoms with Gasteiger partial charge in [0.05, 0.1) is 33.8 Å². The second kappa shape index (κ2) is 8.67. The third-order valence-corrected chi connectivity index (χ3v) is 8.18. The number of hydrogen-bond donors (Lipinski definition) is 3. The van der Waals surface area contributed by atoms with Crippen LogP contribution in [0.4, 0.5) is 5.69 Å². The van der Waals surface area contributed by atoms with Crippen LogP contribution in [-0.4, -0.2) is 30.1 Å². The Bertz CT molecular complexity index is 1790. The molecule has 0 aromatic carbocycles. The highest BCUT2D eigenvalue weighted by Crippen LogP contribution is 2.36. The van der Waals surface area contributed by atoms with Crippen molar-refractivity contribution in [2.75, 3.05) is 5.32 Å². The Morgan fingerprint density at radius 1 is 1.03 bits per heavy atom. The van der Waals surface area contributed by atoms with Gasteiger partial charge in [0.1, 0.15) is 0 Å². The van der Waals surface area contributed by atoms with Crippen LogP contribution in [-0.2, 0) is 0 Å². The maximum absolute atomic E-state index is 4.68. The van der Waals surface area contributed by atoms with Crippen molar-refractivity contribution in [2.24, 2.45) is 5.92 Å². The fourth-order valence-electron chi connectivity index (χ4n) is 4.92. The standard InChI is InChI=1S/C29H25N7S/c1-16-6-7-26(37-16)28-22-12-25(34-24(22)8-9-31-28)27-23-11-20(14-32-29(23)36-35-27)19-10-21(15-30-13-19)33-17(2)18-4-3-5-18/h6-15,18,33-34H,2-5H2,1H3,(H,32,35,36).